The highest BCUT2D eigenvalue weighted by atomic mass is 35.5. The van der Waals surface area contributed by atoms with E-state index in [2.05, 4.69) is 6.07 Å². The monoisotopic (exact) mass is 494 g/mol. The summed E-state index contributed by atoms with van der Waals surface area (Å²) in [6, 6.07) is 23.3. The molecule has 0 aliphatic carbocycles. The summed E-state index contributed by atoms with van der Waals surface area (Å²) in [6.45, 7) is 0. The van der Waals surface area contributed by atoms with E-state index in [-0.39, 0.29) is 0 Å². The first-order valence-corrected chi connectivity index (χ1v) is 11.3. The summed E-state index contributed by atoms with van der Waals surface area (Å²) >= 11 is 12.4. The van der Waals surface area contributed by atoms with Crippen molar-refractivity contribution in [2.75, 3.05) is 0 Å². The Morgan fingerprint density at radius 2 is 1.71 bits per heavy atom. The highest BCUT2D eigenvalue weighted by Gasteiger charge is 2.48. The molecule has 1 aliphatic heterocycles. The van der Waals surface area contributed by atoms with Crippen LogP contribution in [-0.4, -0.2) is 28.0 Å². The largest absolute Gasteiger partial charge is 0.481 e. The van der Waals surface area contributed by atoms with Crippen LogP contribution >= 0.6 is 23.2 Å². The molecule has 1 aliphatic rings. The van der Waals surface area contributed by atoms with E-state index < -0.39 is 42.6 Å². The predicted molar refractivity (Wildman–Crippen MR) is 127 cm³/mol. The minimum absolute atomic E-state index is 0.467. The van der Waals surface area contributed by atoms with Gasteiger partial charge in [-0.25, -0.2) is 0 Å². The van der Waals surface area contributed by atoms with E-state index >= 15 is 0 Å². The Morgan fingerprint density at radius 3 is 2.32 bits per heavy atom. The second kappa shape index (κ2) is 10.3. The Hall–Kier alpha value is -3.37. The van der Waals surface area contributed by atoms with Crippen molar-refractivity contribution >= 4 is 35.1 Å². The quantitative estimate of drug-likeness (QED) is 0.471. The van der Waals surface area contributed by atoms with Gasteiger partial charge in [-0.2, -0.15) is 5.26 Å². The van der Waals surface area contributed by atoms with Crippen molar-refractivity contribution in [2.24, 2.45) is 0 Å². The molecule has 1 fully saturated rings. The summed E-state index contributed by atoms with van der Waals surface area (Å²) < 4.78 is 6.14. The van der Waals surface area contributed by atoms with Crippen LogP contribution in [-0.2, 0) is 14.3 Å². The molecule has 0 spiro atoms. The highest BCUT2D eigenvalue weighted by molar-refractivity contribution is 6.30. The molecule has 1 N–H and O–H groups in total. The summed E-state index contributed by atoms with van der Waals surface area (Å²) in [5.74, 6) is -1.75. The summed E-state index contributed by atoms with van der Waals surface area (Å²) in [4.78, 5) is 26.7. The molecule has 4 rings (SSSR count). The number of ether oxygens (including phenoxy) is 1. The maximum absolute atomic E-state index is 13.7. The van der Waals surface area contributed by atoms with Crippen LogP contribution in [0.5, 0.6) is 0 Å². The lowest BCUT2D eigenvalue weighted by molar-refractivity contribution is -0.181. The fourth-order valence-corrected chi connectivity index (χ4v) is 4.54. The number of hydrogen-bond acceptors (Lipinski definition) is 4. The van der Waals surface area contributed by atoms with Crippen LogP contribution in [0.25, 0.3) is 0 Å². The van der Waals surface area contributed by atoms with E-state index in [1.54, 1.807) is 72.8 Å². The third kappa shape index (κ3) is 4.92. The molecule has 0 radical (unpaired) electrons. The minimum atomic E-state index is -1.27. The average Bonchev–Trinajstić information content (AvgIpc) is 2.83. The molecular weight excluding hydrogens is 475 g/mol. The Morgan fingerprint density at radius 1 is 1.00 bits per heavy atom. The fraction of sp³-hybridized carbons (Fsp3) is 0.192. The van der Waals surface area contributed by atoms with Gasteiger partial charge in [-0.3, -0.25) is 9.59 Å². The van der Waals surface area contributed by atoms with E-state index in [0.29, 0.717) is 26.7 Å². The lowest BCUT2D eigenvalue weighted by atomic mass is 9.89. The Balaban J connectivity index is 1.92. The van der Waals surface area contributed by atoms with Crippen molar-refractivity contribution in [3.8, 4) is 6.07 Å². The molecule has 3 aromatic rings. The number of rotatable bonds is 6. The van der Waals surface area contributed by atoms with Crippen LogP contribution < -0.4 is 0 Å². The molecular formula is C26H20Cl2N2O4. The van der Waals surface area contributed by atoms with E-state index in [4.69, 9.17) is 27.9 Å². The van der Waals surface area contributed by atoms with E-state index in [1.807, 2.05) is 6.07 Å². The number of carboxylic acids is 1. The first-order valence-electron chi connectivity index (χ1n) is 10.5. The van der Waals surface area contributed by atoms with Gasteiger partial charge in [0.2, 0.25) is 0 Å². The molecule has 0 unspecified atom stereocenters. The number of benzene rings is 3. The van der Waals surface area contributed by atoms with Gasteiger partial charge in [0.25, 0.3) is 5.91 Å². The molecule has 6 nitrogen and oxygen atoms in total. The van der Waals surface area contributed by atoms with Gasteiger partial charge >= 0.3 is 5.97 Å². The van der Waals surface area contributed by atoms with Crippen molar-refractivity contribution in [1.82, 2.24) is 4.90 Å². The number of carbonyl (C=O) groups is 2. The number of nitriles is 1. The van der Waals surface area contributed by atoms with Crippen molar-refractivity contribution in [2.45, 2.75) is 30.7 Å². The Bertz CT molecular complexity index is 1230. The smallest absolute Gasteiger partial charge is 0.306 e. The molecule has 34 heavy (non-hydrogen) atoms. The van der Waals surface area contributed by atoms with Crippen molar-refractivity contribution in [3.63, 3.8) is 0 Å². The number of carbonyl (C=O) groups excluding carboxylic acids is 1. The summed E-state index contributed by atoms with van der Waals surface area (Å²) in [5, 5.41) is 20.6. The SMILES string of the molecule is N#C[C@H](c1ccccc1)N1C(=O)[C@@H](CC(=O)O)O[C@H](c2cccc(Cl)c2)[C@@H]1c1ccc(Cl)cc1. The number of carboxylic acid groups (broad SMARTS) is 1. The van der Waals surface area contributed by atoms with Gasteiger partial charge in [-0.05, 0) is 41.0 Å². The van der Waals surface area contributed by atoms with Gasteiger partial charge in [0.05, 0.1) is 18.5 Å². The van der Waals surface area contributed by atoms with E-state index in [9.17, 15) is 20.0 Å². The van der Waals surface area contributed by atoms with Gasteiger partial charge in [0.15, 0.2) is 0 Å². The molecule has 0 aromatic heterocycles. The van der Waals surface area contributed by atoms with Crippen LogP contribution in [0.15, 0.2) is 78.9 Å². The first-order chi connectivity index (χ1) is 16.4. The van der Waals surface area contributed by atoms with Crippen molar-refractivity contribution < 1.29 is 19.4 Å². The van der Waals surface area contributed by atoms with Crippen molar-refractivity contribution in [3.05, 3.63) is 106 Å². The second-order valence-corrected chi connectivity index (χ2v) is 8.76. The summed E-state index contributed by atoms with van der Waals surface area (Å²) in [5.41, 5.74) is 1.95. The molecule has 8 heteroatoms. The van der Waals surface area contributed by atoms with Gasteiger partial charge in [-0.15, -0.1) is 0 Å². The summed E-state index contributed by atoms with van der Waals surface area (Å²) in [7, 11) is 0. The molecule has 1 saturated heterocycles. The third-order valence-electron chi connectivity index (χ3n) is 5.69. The average molecular weight is 495 g/mol. The van der Waals surface area contributed by atoms with Crippen LogP contribution in [0.2, 0.25) is 10.0 Å². The number of aliphatic carboxylic acids is 1. The first kappa shape index (κ1) is 23.8. The standard InChI is InChI=1S/C26H20Cl2N2O4/c27-19-11-9-17(10-12-19)24-25(18-7-4-8-20(28)13-18)34-22(14-23(31)32)26(33)30(24)21(15-29)16-5-2-1-3-6-16/h1-13,21-22,24-25H,14H2,(H,31,32)/t21-,22-,24+,25-/m1/s1. The number of halogens is 2. The lowest BCUT2D eigenvalue weighted by Crippen LogP contribution is -2.52. The number of morpholine rings is 1. The normalized spacial score (nSPS) is 21.0. The molecule has 1 amide bonds. The van der Waals surface area contributed by atoms with Gasteiger partial charge in [-0.1, -0.05) is 77.8 Å². The topological polar surface area (TPSA) is 90.6 Å². The minimum Gasteiger partial charge on any atom is -0.481 e. The lowest BCUT2D eigenvalue weighted by Gasteiger charge is -2.46. The zero-order valence-corrected chi connectivity index (χ0v) is 19.4. The fourth-order valence-electron chi connectivity index (χ4n) is 4.21. The molecule has 172 valence electrons. The summed E-state index contributed by atoms with van der Waals surface area (Å²) in [6.07, 6.45) is -2.58. The maximum Gasteiger partial charge on any atom is 0.306 e. The number of amides is 1. The molecule has 0 saturated carbocycles. The van der Waals surface area contributed by atoms with Crippen LogP contribution in [0.4, 0.5) is 0 Å². The molecule has 1 heterocycles. The zero-order chi connectivity index (χ0) is 24.2. The highest BCUT2D eigenvalue weighted by Crippen LogP contribution is 2.46. The van der Waals surface area contributed by atoms with Crippen LogP contribution in [0, 0.1) is 11.3 Å². The zero-order valence-electron chi connectivity index (χ0n) is 17.8. The van der Waals surface area contributed by atoms with Gasteiger partial charge < -0.3 is 14.7 Å². The Labute approximate surface area is 206 Å². The maximum atomic E-state index is 13.7. The predicted octanol–water partition coefficient (Wildman–Crippen LogP) is 5.74. The van der Waals surface area contributed by atoms with E-state index in [0.717, 1.165) is 0 Å². The van der Waals surface area contributed by atoms with Gasteiger partial charge in [0.1, 0.15) is 18.2 Å². The van der Waals surface area contributed by atoms with Crippen molar-refractivity contribution in [1.29, 1.82) is 5.26 Å². The third-order valence-corrected chi connectivity index (χ3v) is 6.18. The van der Waals surface area contributed by atoms with Gasteiger partial charge in [0, 0.05) is 10.0 Å². The second-order valence-electron chi connectivity index (χ2n) is 7.88. The number of nitrogens with zero attached hydrogens (tertiary/aromatic N) is 2. The van der Waals surface area contributed by atoms with E-state index in [1.165, 1.54) is 4.90 Å². The number of hydrogen-bond donors (Lipinski definition) is 1. The molecule has 0 bridgehead atoms. The molecule has 3 aromatic carbocycles. The molecule has 4 atom stereocenters. The van der Waals surface area contributed by atoms with Crippen LogP contribution in [0.3, 0.4) is 0 Å². The Kier molecular flexibility index (Phi) is 7.18. The van der Waals surface area contributed by atoms with Crippen LogP contribution in [0.1, 0.15) is 41.3 Å².